The van der Waals surface area contributed by atoms with E-state index in [1.807, 2.05) is 0 Å². The van der Waals surface area contributed by atoms with Gasteiger partial charge in [0.1, 0.15) is 18.2 Å². The van der Waals surface area contributed by atoms with E-state index in [2.05, 4.69) is 0 Å². The van der Waals surface area contributed by atoms with Gasteiger partial charge in [0.05, 0.1) is 11.6 Å². The fraction of sp³-hybridized carbons (Fsp3) is 0.143. The summed E-state index contributed by atoms with van der Waals surface area (Å²) in [6, 6.07) is 11.6. The average molecular weight is 267 g/mol. The fourth-order valence-electron chi connectivity index (χ4n) is 1.51. The first kappa shape index (κ1) is 12.9. The second-order valence-corrected chi connectivity index (χ2v) is 4.18. The van der Waals surface area contributed by atoms with Gasteiger partial charge in [-0.25, -0.2) is 4.39 Å². The Balaban J connectivity index is 2.04. The highest BCUT2D eigenvalue weighted by Crippen LogP contribution is 2.21. The van der Waals surface area contributed by atoms with Crippen LogP contribution in [-0.4, -0.2) is 5.11 Å². The van der Waals surface area contributed by atoms with Crippen LogP contribution in [0.1, 0.15) is 11.1 Å². The molecular weight excluding hydrogens is 255 g/mol. The third-order valence-electron chi connectivity index (χ3n) is 2.53. The van der Waals surface area contributed by atoms with Crippen LogP contribution in [0, 0.1) is 5.82 Å². The van der Waals surface area contributed by atoms with Crippen LogP contribution in [0.3, 0.4) is 0 Å². The molecule has 0 radical (unpaired) electrons. The lowest BCUT2D eigenvalue weighted by atomic mass is 10.2. The van der Waals surface area contributed by atoms with Gasteiger partial charge in [0.2, 0.25) is 0 Å². The Kier molecular flexibility index (Phi) is 4.18. The topological polar surface area (TPSA) is 29.5 Å². The van der Waals surface area contributed by atoms with Gasteiger partial charge in [-0.05, 0) is 23.8 Å². The largest absolute Gasteiger partial charge is 0.489 e. The Morgan fingerprint density at radius 1 is 1.11 bits per heavy atom. The predicted molar refractivity (Wildman–Crippen MR) is 68.1 cm³/mol. The third-order valence-corrected chi connectivity index (χ3v) is 2.96. The van der Waals surface area contributed by atoms with Crippen LogP contribution >= 0.6 is 11.6 Å². The van der Waals surface area contributed by atoms with Crippen LogP contribution in [0.2, 0.25) is 5.02 Å². The van der Waals surface area contributed by atoms with E-state index in [1.165, 1.54) is 6.07 Å². The van der Waals surface area contributed by atoms with Crippen molar-refractivity contribution < 1.29 is 14.2 Å². The van der Waals surface area contributed by atoms with Gasteiger partial charge < -0.3 is 9.84 Å². The molecule has 0 aromatic heterocycles. The van der Waals surface area contributed by atoms with Crippen molar-refractivity contribution in [3.05, 3.63) is 64.4 Å². The van der Waals surface area contributed by atoms with Gasteiger partial charge in [-0.3, -0.25) is 0 Å². The Bertz CT molecular complexity index is 526. The maximum Gasteiger partial charge on any atom is 0.142 e. The Hall–Kier alpha value is -1.58. The molecule has 0 aliphatic carbocycles. The molecule has 2 nitrogen and oxygen atoms in total. The van der Waals surface area contributed by atoms with Crippen molar-refractivity contribution in [2.45, 2.75) is 13.2 Å². The molecule has 4 heteroatoms. The molecule has 2 rings (SSSR count). The van der Waals surface area contributed by atoms with Crippen LogP contribution in [0.4, 0.5) is 4.39 Å². The summed E-state index contributed by atoms with van der Waals surface area (Å²) < 4.78 is 18.7. The van der Waals surface area contributed by atoms with E-state index in [0.29, 0.717) is 11.3 Å². The van der Waals surface area contributed by atoms with Gasteiger partial charge >= 0.3 is 0 Å². The first-order chi connectivity index (χ1) is 8.70. The minimum absolute atomic E-state index is 0.00396. The number of hydrogen-bond acceptors (Lipinski definition) is 2. The molecule has 2 aromatic rings. The standard InChI is InChI=1S/C14H12ClFO2/c15-14-11(2-1-3-13(14)16)9-18-12-6-4-10(8-17)5-7-12/h1-7,17H,8-9H2. The molecule has 0 bridgehead atoms. The van der Waals surface area contributed by atoms with E-state index in [0.717, 1.165) is 5.56 Å². The Morgan fingerprint density at radius 2 is 1.83 bits per heavy atom. The lowest BCUT2D eigenvalue weighted by Gasteiger charge is -2.08. The summed E-state index contributed by atoms with van der Waals surface area (Å²) in [6.45, 7) is 0.199. The second kappa shape index (κ2) is 5.85. The monoisotopic (exact) mass is 266 g/mol. The zero-order valence-electron chi connectivity index (χ0n) is 9.57. The number of aliphatic hydroxyl groups excluding tert-OH is 1. The van der Waals surface area contributed by atoms with Crippen molar-refractivity contribution >= 4 is 11.6 Å². The summed E-state index contributed by atoms with van der Waals surface area (Å²) in [6.07, 6.45) is 0. The van der Waals surface area contributed by atoms with E-state index in [4.69, 9.17) is 21.4 Å². The van der Waals surface area contributed by atoms with Crippen LogP contribution in [-0.2, 0) is 13.2 Å². The molecule has 94 valence electrons. The number of ether oxygens (including phenoxy) is 1. The van der Waals surface area contributed by atoms with Gasteiger partial charge in [-0.1, -0.05) is 35.9 Å². The Morgan fingerprint density at radius 3 is 2.50 bits per heavy atom. The van der Waals surface area contributed by atoms with Gasteiger partial charge in [-0.15, -0.1) is 0 Å². The summed E-state index contributed by atoms with van der Waals surface area (Å²) in [4.78, 5) is 0. The lowest BCUT2D eigenvalue weighted by Crippen LogP contribution is -1.97. The number of rotatable bonds is 4. The van der Waals surface area contributed by atoms with E-state index >= 15 is 0 Å². The summed E-state index contributed by atoms with van der Waals surface area (Å²) in [5.74, 6) is 0.195. The second-order valence-electron chi connectivity index (χ2n) is 3.80. The van der Waals surface area contributed by atoms with Crippen molar-refractivity contribution in [2.75, 3.05) is 0 Å². The molecule has 0 aliphatic rings. The lowest BCUT2D eigenvalue weighted by molar-refractivity contribution is 0.280. The zero-order valence-corrected chi connectivity index (χ0v) is 10.3. The van der Waals surface area contributed by atoms with E-state index in [1.54, 1.807) is 36.4 Å². The molecule has 0 spiro atoms. The summed E-state index contributed by atoms with van der Waals surface area (Å²) >= 11 is 5.82. The highest BCUT2D eigenvalue weighted by molar-refractivity contribution is 6.31. The first-order valence-electron chi connectivity index (χ1n) is 5.46. The smallest absolute Gasteiger partial charge is 0.142 e. The molecule has 0 heterocycles. The average Bonchev–Trinajstić information content (AvgIpc) is 2.41. The SMILES string of the molecule is OCc1ccc(OCc2cccc(F)c2Cl)cc1. The molecule has 0 aliphatic heterocycles. The van der Waals surface area contributed by atoms with Crippen LogP contribution < -0.4 is 4.74 Å². The highest BCUT2D eigenvalue weighted by atomic mass is 35.5. The molecule has 0 saturated heterocycles. The van der Waals surface area contributed by atoms with Crippen molar-refractivity contribution in [1.29, 1.82) is 0 Å². The molecule has 2 aromatic carbocycles. The molecule has 0 atom stereocenters. The first-order valence-corrected chi connectivity index (χ1v) is 5.84. The van der Waals surface area contributed by atoms with Gasteiger partial charge in [0, 0.05) is 5.56 Å². The molecule has 0 fully saturated rings. The number of benzene rings is 2. The fourth-order valence-corrected chi connectivity index (χ4v) is 1.69. The van der Waals surface area contributed by atoms with Gasteiger partial charge in [0.25, 0.3) is 0 Å². The molecule has 0 unspecified atom stereocenters. The van der Waals surface area contributed by atoms with Crippen molar-refractivity contribution in [3.8, 4) is 5.75 Å². The molecule has 0 amide bonds. The van der Waals surface area contributed by atoms with Crippen molar-refractivity contribution in [1.82, 2.24) is 0 Å². The summed E-state index contributed by atoms with van der Waals surface area (Å²) in [7, 11) is 0. The maximum absolute atomic E-state index is 13.2. The zero-order chi connectivity index (χ0) is 13.0. The Labute approximate surface area is 110 Å². The minimum Gasteiger partial charge on any atom is -0.489 e. The minimum atomic E-state index is -0.451. The van der Waals surface area contributed by atoms with E-state index in [-0.39, 0.29) is 18.2 Å². The van der Waals surface area contributed by atoms with E-state index in [9.17, 15) is 4.39 Å². The summed E-state index contributed by atoms with van der Waals surface area (Å²) in [5, 5.41) is 8.99. The normalized spacial score (nSPS) is 10.4. The van der Waals surface area contributed by atoms with Gasteiger partial charge in [-0.2, -0.15) is 0 Å². The third kappa shape index (κ3) is 3.00. The number of hydrogen-bond donors (Lipinski definition) is 1. The predicted octanol–water partition coefficient (Wildman–Crippen LogP) is 3.55. The number of halogens is 2. The van der Waals surface area contributed by atoms with Crippen molar-refractivity contribution in [3.63, 3.8) is 0 Å². The van der Waals surface area contributed by atoms with E-state index < -0.39 is 5.82 Å². The quantitative estimate of drug-likeness (QED) is 0.917. The van der Waals surface area contributed by atoms with Crippen LogP contribution in [0.5, 0.6) is 5.75 Å². The number of aliphatic hydroxyl groups is 1. The van der Waals surface area contributed by atoms with Crippen molar-refractivity contribution in [2.24, 2.45) is 0 Å². The summed E-state index contributed by atoms with van der Waals surface area (Å²) in [5.41, 5.74) is 1.41. The molecule has 18 heavy (non-hydrogen) atoms. The van der Waals surface area contributed by atoms with Crippen LogP contribution in [0.25, 0.3) is 0 Å². The molecular formula is C14H12ClFO2. The van der Waals surface area contributed by atoms with Crippen LogP contribution in [0.15, 0.2) is 42.5 Å². The maximum atomic E-state index is 13.2. The van der Waals surface area contributed by atoms with Gasteiger partial charge in [0.15, 0.2) is 0 Å². The highest BCUT2D eigenvalue weighted by Gasteiger charge is 2.06. The molecule has 1 N–H and O–H groups in total. The molecule has 0 saturated carbocycles.